The SMILES string of the molecule is COCCCOc1cc(C[C@@H](C[C@H]2[C@H](C[C@H](C(=O)CCC(C)(C)C(N)=O)C(C)C)OCN2C(=O)OCOC(=O)c2nccn2C)C(C)C)ccc1OC. The van der Waals surface area contributed by atoms with E-state index in [1.165, 1.54) is 15.7 Å². The maximum atomic E-state index is 13.7. The molecule has 0 aliphatic carbocycles. The van der Waals surface area contributed by atoms with Crippen molar-refractivity contribution < 1.29 is 47.6 Å². The van der Waals surface area contributed by atoms with Gasteiger partial charge in [-0.3, -0.25) is 14.5 Å². The van der Waals surface area contributed by atoms with Gasteiger partial charge in [0.1, 0.15) is 12.5 Å². The Morgan fingerprint density at radius 1 is 1.02 bits per heavy atom. The molecule has 1 aliphatic heterocycles. The molecule has 0 saturated carbocycles. The number of primary amides is 1. The second-order valence-electron chi connectivity index (χ2n) is 15.1. The molecule has 4 atom stereocenters. The van der Waals surface area contributed by atoms with Gasteiger partial charge in [-0.15, -0.1) is 0 Å². The number of amides is 2. The van der Waals surface area contributed by atoms with Crippen molar-refractivity contribution in [3.05, 3.63) is 42.0 Å². The second-order valence-corrected chi connectivity index (χ2v) is 15.1. The van der Waals surface area contributed by atoms with Gasteiger partial charge in [-0.25, -0.2) is 14.6 Å². The van der Waals surface area contributed by atoms with Crippen LogP contribution in [0.25, 0.3) is 0 Å². The number of carbonyl (C=O) groups is 4. The molecule has 0 radical (unpaired) electrons. The first-order valence-corrected chi connectivity index (χ1v) is 18.4. The average Bonchev–Trinajstić information content (AvgIpc) is 3.72. The van der Waals surface area contributed by atoms with Gasteiger partial charge in [0.15, 0.2) is 11.5 Å². The summed E-state index contributed by atoms with van der Waals surface area (Å²) in [7, 11) is 4.92. The molecular weight excluding hydrogens is 684 g/mol. The zero-order chi connectivity index (χ0) is 39.3. The van der Waals surface area contributed by atoms with Gasteiger partial charge in [0, 0.05) is 57.3 Å². The minimum Gasteiger partial charge on any atom is -0.493 e. The quantitative estimate of drug-likeness (QED) is 0.0911. The molecular formula is C39H60N4O10. The van der Waals surface area contributed by atoms with Crippen LogP contribution in [0.1, 0.15) is 89.8 Å². The van der Waals surface area contributed by atoms with Crippen LogP contribution in [-0.2, 0) is 42.0 Å². The fourth-order valence-electron chi connectivity index (χ4n) is 6.44. The normalized spacial score (nSPS) is 17.2. The Bertz CT molecular complexity index is 1510. The highest BCUT2D eigenvalue weighted by Gasteiger charge is 2.43. The molecule has 0 bridgehead atoms. The largest absolute Gasteiger partial charge is 0.493 e. The lowest BCUT2D eigenvalue weighted by molar-refractivity contribution is -0.129. The number of imidazole rings is 1. The molecule has 14 nitrogen and oxygen atoms in total. The van der Waals surface area contributed by atoms with Crippen LogP contribution < -0.4 is 15.2 Å². The van der Waals surface area contributed by atoms with Gasteiger partial charge in [0.05, 0.1) is 25.9 Å². The smallest absolute Gasteiger partial charge is 0.414 e. The Kier molecular flexibility index (Phi) is 16.6. The average molecular weight is 745 g/mol. The Morgan fingerprint density at radius 3 is 2.36 bits per heavy atom. The van der Waals surface area contributed by atoms with Gasteiger partial charge in [0.2, 0.25) is 18.5 Å². The van der Waals surface area contributed by atoms with Crippen LogP contribution in [0.15, 0.2) is 30.6 Å². The molecule has 1 aliphatic rings. The number of hydrogen-bond acceptors (Lipinski definition) is 11. The zero-order valence-electron chi connectivity index (χ0n) is 32.9. The standard InChI is InChI=1S/C39H60N4O10/c1-25(2)28(19-27-11-12-32(49-9)34(20-27)50-18-10-17-48-8)21-30-33(22-29(26(3)4)31(44)13-14-39(5,6)37(40)46)51-23-43(30)38(47)53-24-52-36(45)35-41-15-16-42(35)7/h11-12,15-16,20,25-26,28-30,33H,10,13-14,17-19,21-24H2,1-9H3,(H2,40,46)/t28-,29-,30-,33-/m0/s1. The third-order valence-electron chi connectivity index (χ3n) is 10.2. The maximum absolute atomic E-state index is 13.7. The highest BCUT2D eigenvalue weighted by Crippen LogP contribution is 2.36. The van der Waals surface area contributed by atoms with E-state index < -0.39 is 42.3 Å². The van der Waals surface area contributed by atoms with Crippen LogP contribution in [-0.4, -0.2) is 91.3 Å². The number of carbonyl (C=O) groups excluding carboxylic acids is 4. The molecule has 1 aromatic carbocycles. The van der Waals surface area contributed by atoms with Gasteiger partial charge in [-0.05, 0) is 61.1 Å². The maximum Gasteiger partial charge on any atom is 0.414 e. The topological polar surface area (TPSA) is 171 Å². The lowest BCUT2D eigenvalue weighted by atomic mass is 9.78. The molecule has 53 heavy (non-hydrogen) atoms. The summed E-state index contributed by atoms with van der Waals surface area (Å²) in [6, 6.07) is 5.46. The summed E-state index contributed by atoms with van der Waals surface area (Å²) in [5.41, 5.74) is 5.81. The van der Waals surface area contributed by atoms with Crippen molar-refractivity contribution >= 4 is 23.8 Å². The summed E-state index contributed by atoms with van der Waals surface area (Å²) >= 11 is 0. The Morgan fingerprint density at radius 2 is 1.75 bits per heavy atom. The van der Waals surface area contributed by atoms with Crippen LogP contribution in [0.4, 0.5) is 4.79 Å². The number of nitrogens with zero attached hydrogens (tertiary/aromatic N) is 3. The third kappa shape index (κ3) is 12.4. The third-order valence-corrected chi connectivity index (χ3v) is 10.2. The van der Waals surface area contributed by atoms with E-state index in [9.17, 15) is 19.2 Å². The first kappa shape index (κ1) is 43.2. The highest BCUT2D eigenvalue weighted by atomic mass is 16.7. The number of esters is 1. The lowest BCUT2D eigenvalue weighted by Gasteiger charge is -2.33. The first-order valence-electron chi connectivity index (χ1n) is 18.4. The molecule has 1 saturated heterocycles. The fraction of sp³-hybridized carbons (Fsp3) is 0.667. The number of ether oxygens (including phenoxy) is 6. The predicted octanol–water partition coefficient (Wildman–Crippen LogP) is 5.55. The fourth-order valence-corrected chi connectivity index (χ4v) is 6.44. The molecule has 0 unspecified atom stereocenters. The number of Topliss-reactive ketones (excluding diaryl/α,β-unsaturated/α-hetero) is 1. The Labute approximate surface area is 313 Å². The molecule has 0 spiro atoms. The number of nitrogens with two attached hydrogens (primary N) is 1. The molecule has 1 aromatic heterocycles. The molecule has 1 fully saturated rings. The van der Waals surface area contributed by atoms with E-state index in [1.807, 2.05) is 32.0 Å². The number of benzene rings is 1. The molecule has 296 valence electrons. The van der Waals surface area contributed by atoms with Gasteiger partial charge in [0.25, 0.3) is 0 Å². The minimum atomic E-state index is -0.815. The van der Waals surface area contributed by atoms with Gasteiger partial charge in [-0.2, -0.15) is 0 Å². The molecule has 2 amide bonds. The van der Waals surface area contributed by atoms with Crippen molar-refractivity contribution in [2.45, 2.75) is 92.2 Å². The van der Waals surface area contributed by atoms with Crippen LogP contribution >= 0.6 is 0 Å². The number of ketones is 1. The van der Waals surface area contributed by atoms with E-state index in [2.05, 4.69) is 18.8 Å². The zero-order valence-corrected chi connectivity index (χ0v) is 32.9. The highest BCUT2D eigenvalue weighted by molar-refractivity contribution is 5.85. The van der Waals surface area contributed by atoms with E-state index in [1.54, 1.807) is 41.3 Å². The predicted molar refractivity (Wildman–Crippen MR) is 197 cm³/mol. The number of aromatic nitrogens is 2. The van der Waals surface area contributed by atoms with Crippen LogP contribution in [0.2, 0.25) is 0 Å². The first-order chi connectivity index (χ1) is 25.1. The van der Waals surface area contributed by atoms with E-state index >= 15 is 0 Å². The summed E-state index contributed by atoms with van der Waals surface area (Å²) in [5.74, 6) is 0.106. The van der Waals surface area contributed by atoms with Crippen molar-refractivity contribution in [1.82, 2.24) is 14.5 Å². The summed E-state index contributed by atoms with van der Waals surface area (Å²) in [5, 5.41) is 0. The van der Waals surface area contributed by atoms with Crippen molar-refractivity contribution in [2.24, 2.45) is 41.9 Å². The van der Waals surface area contributed by atoms with Crippen LogP contribution in [0.3, 0.4) is 0 Å². The monoisotopic (exact) mass is 744 g/mol. The summed E-state index contributed by atoms with van der Waals surface area (Å²) in [6.45, 7) is 12.2. The molecule has 2 heterocycles. The van der Waals surface area contributed by atoms with Crippen molar-refractivity contribution in [3.8, 4) is 11.5 Å². The van der Waals surface area contributed by atoms with Crippen molar-refractivity contribution in [3.63, 3.8) is 0 Å². The molecule has 14 heteroatoms. The van der Waals surface area contributed by atoms with Gasteiger partial charge in [-0.1, -0.05) is 47.6 Å². The number of hydrogen-bond donors (Lipinski definition) is 1. The van der Waals surface area contributed by atoms with Crippen molar-refractivity contribution in [2.75, 3.05) is 41.0 Å². The number of methoxy groups -OCH3 is 2. The molecule has 3 rings (SSSR count). The minimum absolute atomic E-state index is 0.0162. The van der Waals surface area contributed by atoms with Gasteiger partial charge < -0.3 is 38.7 Å². The summed E-state index contributed by atoms with van der Waals surface area (Å²) < 4.78 is 35.2. The lowest BCUT2D eigenvalue weighted by Crippen LogP contribution is -2.43. The van der Waals surface area contributed by atoms with Gasteiger partial charge >= 0.3 is 12.1 Å². The molecule has 2 aromatic rings. The van der Waals surface area contributed by atoms with E-state index in [-0.39, 0.29) is 48.4 Å². The van der Waals surface area contributed by atoms with E-state index in [0.29, 0.717) is 50.4 Å². The Hall–Kier alpha value is -4.17. The molecule has 2 N–H and O–H groups in total. The van der Waals surface area contributed by atoms with E-state index in [4.69, 9.17) is 34.2 Å². The van der Waals surface area contributed by atoms with Crippen molar-refractivity contribution in [1.29, 1.82) is 0 Å². The van der Waals surface area contributed by atoms with Crippen LogP contribution in [0, 0.1) is 29.1 Å². The van der Waals surface area contributed by atoms with Crippen LogP contribution in [0.5, 0.6) is 11.5 Å². The summed E-state index contributed by atoms with van der Waals surface area (Å²) in [4.78, 5) is 57.2. The summed E-state index contributed by atoms with van der Waals surface area (Å²) in [6.07, 6.45) is 4.78. The second kappa shape index (κ2) is 20.3. The van der Waals surface area contributed by atoms with E-state index in [0.717, 1.165) is 12.0 Å². The number of aryl methyl sites for hydroxylation is 1. The Balaban J connectivity index is 1.84. The number of rotatable bonds is 22.